The van der Waals surface area contributed by atoms with Crippen LogP contribution in [0.4, 0.5) is 5.69 Å². The molecule has 22 heavy (non-hydrogen) atoms. The van der Waals surface area contributed by atoms with Gasteiger partial charge in [-0.3, -0.25) is 4.79 Å². The molecule has 114 valence electrons. The van der Waals surface area contributed by atoms with Crippen LogP contribution in [0.1, 0.15) is 22.8 Å². The number of para-hydroxylation sites is 1. The minimum absolute atomic E-state index is 0.0411. The largest absolute Gasteiger partial charge is 0.507 e. The number of ether oxygens (including phenoxy) is 1. The summed E-state index contributed by atoms with van der Waals surface area (Å²) < 4.78 is 5.10. The summed E-state index contributed by atoms with van der Waals surface area (Å²) >= 11 is 0. The van der Waals surface area contributed by atoms with E-state index >= 15 is 0 Å². The smallest absolute Gasteiger partial charge is 0.342 e. The molecular formula is C17H17NO4. The molecule has 1 amide bonds. The topological polar surface area (TPSA) is 75.6 Å². The highest BCUT2D eigenvalue weighted by Crippen LogP contribution is 2.20. The molecule has 0 aliphatic rings. The molecule has 0 heterocycles. The van der Waals surface area contributed by atoms with E-state index in [4.69, 9.17) is 4.74 Å². The second-order valence-corrected chi connectivity index (χ2v) is 4.92. The predicted octanol–water partition coefficient (Wildman–Crippen LogP) is 2.88. The molecule has 2 aromatic carbocycles. The zero-order valence-corrected chi connectivity index (χ0v) is 12.4. The van der Waals surface area contributed by atoms with Crippen molar-refractivity contribution in [2.24, 2.45) is 0 Å². The summed E-state index contributed by atoms with van der Waals surface area (Å²) in [5.74, 6) is -1.35. The summed E-state index contributed by atoms with van der Waals surface area (Å²) in [5.41, 5.74) is 1.47. The van der Waals surface area contributed by atoms with Crippen molar-refractivity contribution < 1.29 is 19.4 Å². The van der Waals surface area contributed by atoms with Crippen LogP contribution in [0, 0.1) is 6.92 Å². The maximum Gasteiger partial charge on any atom is 0.342 e. The first-order chi connectivity index (χ1) is 10.5. The molecule has 0 spiro atoms. The van der Waals surface area contributed by atoms with Gasteiger partial charge in [0.2, 0.25) is 0 Å². The quantitative estimate of drug-likeness (QED) is 0.851. The Kier molecular flexibility index (Phi) is 4.78. The number of amides is 1. The highest BCUT2D eigenvalue weighted by molar-refractivity contribution is 5.98. The number of carbonyl (C=O) groups excluding carboxylic acids is 2. The van der Waals surface area contributed by atoms with Crippen LogP contribution in [0.5, 0.6) is 5.75 Å². The third-order valence-corrected chi connectivity index (χ3v) is 3.07. The van der Waals surface area contributed by atoms with Gasteiger partial charge in [-0.2, -0.15) is 0 Å². The third-order valence-electron chi connectivity index (χ3n) is 3.07. The lowest BCUT2D eigenvalue weighted by atomic mass is 10.1. The fourth-order valence-corrected chi connectivity index (χ4v) is 1.86. The molecule has 1 atom stereocenters. The molecule has 2 N–H and O–H groups in total. The van der Waals surface area contributed by atoms with E-state index in [1.807, 2.05) is 6.07 Å². The van der Waals surface area contributed by atoms with Crippen LogP contribution >= 0.6 is 0 Å². The van der Waals surface area contributed by atoms with E-state index in [0.29, 0.717) is 5.69 Å². The number of hydrogen-bond donors (Lipinski definition) is 2. The van der Waals surface area contributed by atoms with Crippen LogP contribution in [0.15, 0.2) is 48.5 Å². The first-order valence-electron chi connectivity index (χ1n) is 6.84. The molecule has 0 saturated heterocycles. The van der Waals surface area contributed by atoms with Gasteiger partial charge in [0.25, 0.3) is 5.91 Å². The van der Waals surface area contributed by atoms with Gasteiger partial charge in [-0.15, -0.1) is 0 Å². The second-order valence-electron chi connectivity index (χ2n) is 4.92. The molecule has 0 radical (unpaired) electrons. The monoisotopic (exact) mass is 299 g/mol. The van der Waals surface area contributed by atoms with Crippen molar-refractivity contribution in [1.82, 2.24) is 0 Å². The van der Waals surface area contributed by atoms with E-state index in [0.717, 1.165) is 5.56 Å². The van der Waals surface area contributed by atoms with Crippen molar-refractivity contribution in [3.63, 3.8) is 0 Å². The number of carbonyl (C=O) groups is 2. The highest BCUT2D eigenvalue weighted by atomic mass is 16.5. The van der Waals surface area contributed by atoms with Crippen LogP contribution in [0.3, 0.4) is 0 Å². The van der Waals surface area contributed by atoms with Gasteiger partial charge in [0.1, 0.15) is 11.3 Å². The number of benzene rings is 2. The number of nitrogens with one attached hydrogen (secondary N) is 1. The Morgan fingerprint density at radius 2 is 1.82 bits per heavy atom. The third kappa shape index (κ3) is 3.85. The van der Waals surface area contributed by atoms with Gasteiger partial charge in [-0.05, 0) is 38.1 Å². The Bertz CT molecular complexity index is 682. The van der Waals surface area contributed by atoms with E-state index in [-0.39, 0.29) is 11.3 Å². The van der Waals surface area contributed by atoms with Crippen LogP contribution in [0.2, 0.25) is 0 Å². The lowest BCUT2D eigenvalue weighted by Crippen LogP contribution is -2.30. The van der Waals surface area contributed by atoms with Gasteiger partial charge in [-0.25, -0.2) is 4.79 Å². The number of phenols is 1. The number of esters is 1. The Balaban J connectivity index is 2.01. The zero-order valence-electron chi connectivity index (χ0n) is 12.4. The van der Waals surface area contributed by atoms with E-state index < -0.39 is 18.0 Å². The van der Waals surface area contributed by atoms with E-state index in [9.17, 15) is 14.7 Å². The van der Waals surface area contributed by atoms with Crippen molar-refractivity contribution in [3.05, 3.63) is 59.7 Å². The van der Waals surface area contributed by atoms with Crippen LogP contribution in [-0.2, 0) is 9.53 Å². The zero-order chi connectivity index (χ0) is 16.1. The van der Waals surface area contributed by atoms with Crippen molar-refractivity contribution in [1.29, 1.82) is 0 Å². The minimum Gasteiger partial charge on any atom is -0.507 e. The van der Waals surface area contributed by atoms with Crippen molar-refractivity contribution in [3.8, 4) is 5.75 Å². The Labute approximate surface area is 128 Å². The summed E-state index contributed by atoms with van der Waals surface area (Å²) in [6.07, 6.45) is -0.979. The van der Waals surface area contributed by atoms with Crippen molar-refractivity contribution >= 4 is 17.6 Å². The first-order valence-corrected chi connectivity index (χ1v) is 6.84. The van der Waals surface area contributed by atoms with Gasteiger partial charge in [-0.1, -0.05) is 29.8 Å². The molecular weight excluding hydrogens is 282 g/mol. The summed E-state index contributed by atoms with van der Waals surface area (Å²) in [6.45, 7) is 3.27. The number of hydrogen-bond acceptors (Lipinski definition) is 4. The minimum atomic E-state index is -0.979. The van der Waals surface area contributed by atoms with Crippen LogP contribution < -0.4 is 5.32 Å². The standard InChI is InChI=1S/C17H17NO4/c1-11-8-9-15(19)14(10-11)17(21)22-12(2)16(20)18-13-6-4-3-5-7-13/h3-10,12,19H,1-2H3,(H,18,20)/t12-/m0/s1. The molecule has 2 aromatic rings. The summed E-state index contributed by atoms with van der Waals surface area (Å²) in [6, 6.07) is 13.5. The average molecular weight is 299 g/mol. The number of anilines is 1. The molecule has 0 aliphatic heterocycles. The molecule has 0 bridgehead atoms. The van der Waals surface area contributed by atoms with Gasteiger partial charge >= 0.3 is 5.97 Å². The van der Waals surface area contributed by atoms with E-state index in [1.54, 1.807) is 37.3 Å². The van der Waals surface area contributed by atoms with Gasteiger partial charge < -0.3 is 15.2 Å². The van der Waals surface area contributed by atoms with Crippen molar-refractivity contribution in [2.45, 2.75) is 20.0 Å². The molecule has 2 rings (SSSR count). The molecule has 0 aromatic heterocycles. The predicted molar refractivity (Wildman–Crippen MR) is 82.8 cm³/mol. The first kappa shape index (κ1) is 15.6. The fourth-order valence-electron chi connectivity index (χ4n) is 1.86. The number of aryl methyl sites for hydroxylation is 1. The highest BCUT2D eigenvalue weighted by Gasteiger charge is 2.21. The normalized spacial score (nSPS) is 11.5. The number of rotatable bonds is 4. The van der Waals surface area contributed by atoms with E-state index in [1.165, 1.54) is 19.1 Å². The molecule has 0 aliphatic carbocycles. The Hall–Kier alpha value is -2.82. The fraction of sp³-hybridized carbons (Fsp3) is 0.176. The lowest BCUT2D eigenvalue weighted by molar-refractivity contribution is -0.123. The van der Waals surface area contributed by atoms with E-state index in [2.05, 4.69) is 5.32 Å². The van der Waals surface area contributed by atoms with Crippen LogP contribution in [0.25, 0.3) is 0 Å². The van der Waals surface area contributed by atoms with Crippen molar-refractivity contribution in [2.75, 3.05) is 5.32 Å². The van der Waals surface area contributed by atoms with Gasteiger partial charge in [0, 0.05) is 5.69 Å². The Morgan fingerprint density at radius 3 is 2.50 bits per heavy atom. The maximum absolute atomic E-state index is 12.0. The number of phenolic OH excluding ortho intramolecular Hbond substituents is 1. The summed E-state index contributed by atoms with van der Waals surface area (Å²) in [5, 5.41) is 12.3. The van der Waals surface area contributed by atoms with Crippen LogP contribution in [-0.4, -0.2) is 23.1 Å². The molecule has 5 heteroatoms. The molecule has 0 saturated carbocycles. The second kappa shape index (κ2) is 6.76. The SMILES string of the molecule is Cc1ccc(O)c(C(=O)O[C@@H](C)C(=O)Nc2ccccc2)c1. The number of aromatic hydroxyl groups is 1. The maximum atomic E-state index is 12.0. The van der Waals surface area contributed by atoms with Gasteiger partial charge in [0.05, 0.1) is 0 Å². The average Bonchev–Trinajstić information content (AvgIpc) is 2.50. The molecule has 5 nitrogen and oxygen atoms in total. The Morgan fingerprint density at radius 1 is 1.14 bits per heavy atom. The van der Waals surface area contributed by atoms with Gasteiger partial charge in [0.15, 0.2) is 6.10 Å². The summed E-state index contributed by atoms with van der Waals surface area (Å²) in [4.78, 5) is 24.0. The molecule has 0 fully saturated rings. The summed E-state index contributed by atoms with van der Waals surface area (Å²) in [7, 11) is 0. The molecule has 0 unspecified atom stereocenters. The lowest BCUT2D eigenvalue weighted by Gasteiger charge is -2.14.